The zero-order chi connectivity index (χ0) is 36.9. The molecule has 2 aromatic heterocycles. The second-order valence-corrected chi connectivity index (χ2v) is 17.7. The second kappa shape index (κ2) is 14.4. The average Bonchev–Trinajstić information content (AvgIpc) is 3.86. The van der Waals surface area contributed by atoms with Crippen LogP contribution in [0.4, 0.5) is 0 Å². The van der Waals surface area contributed by atoms with Crippen LogP contribution in [0.5, 0.6) is 0 Å². The molecule has 4 heterocycles. The Labute approximate surface area is 313 Å². The molecule has 0 spiro atoms. The van der Waals surface area contributed by atoms with Crippen molar-refractivity contribution in [3.63, 3.8) is 0 Å². The molecule has 0 radical (unpaired) electrons. The third kappa shape index (κ3) is 6.95. The average molecular weight is 727 g/mol. The molecule has 10 atom stereocenters. The molecule has 0 unspecified atom stereocenters. The van der Waals surface area contributed by atoms with Crippen LogP contribution < -0.4 is 9.13 Å². The lowest BCUT2D eigenvalue weighted by atomic mass is 9.43. The van der Waals surface area contributed by atoms with E-state index in [0.717, 1.165) is 51.4 Å². The van der Waals surface area contributed by atoms with Gasteiger partial charge in [-0.3, -0.25) is 4.79 Å². The largest absolute Gasteiger partial charge is 0.469 e. The molecule has 0 saturated heterocycles. The smallest absolute Gasteiger partial charge is 0.348 e. The highest BCUT2D eigenvalue weighted by atomic mass is 16.5. The number of benzene rings is 1. The lowest BCUT2D eigenvalue weighted by molar-refractivity contribution is -0.688. The Balaban J connectivity index is 1.10. The van der Waals surface area contributed by atoms with E-state index < -0.39 is 0 Å². The lowest BCUT2D eigenvalue weighted by Crippen LogP contribution is -2.59. The first-order valence-corrected chi connectivity index (χ1v) is 20.1. The fourth-order valence-electron chi connectivity index (χ4n) is 12.3. The van der Waals surface area contributed by atoms with Crippen LogP contribution in [0.25, 0.3) is 0 Å². The first-order valence-electron chi connectivity index (χ1n) is 20.1. The van der Waals surface area contributed by atoms with Crippen molar-refractivity contribution in [3.8, 4) is 0 Å². The Kier molecular flexibility index (Phi) is 9.77. The van der Waals surface area contributed by atoms with Crippen molar-refractivity contribution in [1.82, 2.24) is 9.13 Å². The number of carbonyl (C=O) groups excluding carboxylic acids is 3. The van der Waals surface area contributed by atoms with Gasteiger partial charge in [0, 0.05) is 11.8 Å². The summed E-state index contributed by atoms with van der Waals surface area (Å²) in [6.45, 7) is 8.96. The number of aromatic nitrogens is 4. The van der Waals surface area contributed by atoms with Crippen LogP contribution in [0.1, 0.15) is 96.1 Å². The van der Waals surface area contributed by atoms with Crippen molar-refractivity contribution in [2.24, 2.45) is 46.3 Å². The van der Waals surface area contributed by atoms with Crippen LogP contribution in [0, 0.1) is 46.3 Å². The number of methoxy groups -OCH3 is 1. The second-order valence-electron chi connectivity index (χ2n) is 17.7. The monoisotopic (exact) mass is 726 g/mol. The highest BCUT2D eigenvalue weighted by molar-refractivity contribution is 5.70. The highest BCUT2D eigenvalue weighted by Gasteiger charge is 2.65. The summed E-state index contributed by atoms with van der Waals surface area (Å²) in [6.07, 6.45) is 21.1. The van der Waals surface area contributed by atoms with E-state index >= 15 is 0 Å². The molecule has 11 bridgehead atoms. The topological polar surface area (TPSA) is 96.5 Å². The molecule has 284 valence electrons. The van der Waals surface area contributed by atoms with Crippen molar-refractivity contribution in [1.29, 1.82) is 0 Å². The van der Waals surface area contributed by atoms with Crippen molar-refractivity contribution in [3.05, 3.63) is 72.8 Å². The molecule has 2 aliphatic heterocycles. The van der Waals surface area contributed by atoms with Gasteiger partial charge in [-0.15, -0.1) is 0 Å². The number of hydrogen-bond donors (Lipinski definition) is 0. The third-order valence-electron chi connectivity index (χ3n) is 14.9. The van der Waals surface area contributed by atoms with Gasteiger partial charge < -0.3 is 14.2 Å². The predicted octanol–water partition coefficient (Wildman–Crippen LogP) is 5.66. The Morgan fingerprint density at radius 1 is 0.906 bits per heavy atom. The van der Waals surface area contributed by atoms with Gasteiger partial charge in [-0.2, -0.15) is 0 Å². The van der Waals surface area contributed by atoms with Crippen LogP contribution in [0.15, 0.2) is 61.7 Å². The van der Waals surface area contributed by atoms with Gasteiger partial charge in [0.15, 0.2) is 13.1 Å². The molecular formula is C43H58N4O6+2. The van der Waals surface area contributed by atoms with E-state index in [2.05, 4.69) is 54.2 Å². The van der Waals surface area contributed by atoms with Gasteiger partial charge in [-0.25, -0.2) is 27.9 Å². The molecule has 0 N–H and O–H groups in total. The summed E-state index contributed by atoms with van der Waals surface area (Å²) in [5, 5.41) is 0. The maximum absolute atomic E-state index is 14.0. The summed E-state index contributed by atoms with van der Waals surface area (Å²) in [5.74, 6) is 2.13. The molecule has 6 aliphatic rings. The fraction of sp³-hybridized carbons (Fsp3) is 0.651. The Bertz CT molecular complexity index is 1830. The predicted molar refractivity (Wildman–Crippen MR) is 195 cm³/mol. The van der Waals surface area contributed by atoms with Crippen molar-refractivity contribution < 1.29 is 37.7 Å². The molecule has 0 amide bonds. The quantitative estimate of drug-likeness (QED) is 0.196. The first-order chi connectivity index (χ1) is 25.5. The summed E-state index contributed by atoms with van der Waals surface area (Å²) in [5.41, 5.74) is 2.29. The Hall–Kier alpha value is -3.95. The molecule has 3 aromatic rings. The van der Waals surface area contributed by atoms with Crippen molar-refractivity contribution >= 4 is 17.9 Å². The minimum absolute atomic E-state index is 0.0635. The van der Waals surface area contributed by atoms with Gasteiger partial charge in [0.2, 0.25) is 12.7 Å². The van der Waals surface area contributed by atoms with Crippen molar-refractivity contribution in [2.45, 2.75) is 123 Å². The fourth-order valence-corrected chi connectivity index (χ4v) is 12.3. The molecule has 9 rings (SSSR count). The number of ether oxygens (including phenoxy) is 3. The number of imidazole rings is 2. The Morgan fingerprint density at radius 3 is 2.26 bits per heavy atom. The van der Waals surface area contributed by atoms with E-state index in [1.165, 1.54) is 24.7 Å². The Morgan fingerprint density at radius 2 is 1.58 bits per heavy atom. The molecule has 4 saturated carbocycles. The van der Waals surface area contributed by atoms with Crippen LogP contribution in [0.2, 0.25) is 0 Å². The van der Waals surface area contributed by atoms with Gasteiger partial charge in [0.1, 0.15) is 50.1 Å². The normalized spacial score (nSPS) is 34.8. The van der Waals surface area contributed by atoms with E-state index in [9.17, 15) is 14.4 Å². The van der Waals surface area contributed by atoms with Crippen molar-refractivity contribution in [2.75, 3.05) is 7.11 Å². The molecule has 4 fully saturated rings. The van der Waals surface area contributed by atoms with E-state index in [1.54, 1.807) is 0 Å². The van der Waals surface area contributed by atoms with Gasteiger partial charge in [0.05, 0.1) is 7.11 Å². The molecule has 53 heavy (non-hydrogen) atoms. The molecule has 4 aliphatic carbocycles. The van der Waals surface area contributed by atoms with Gasteiger partial charge in [-0.1, -0.05) is 39.0 Å². The summed E-state index contributed by atoms with van der Waals surface area (Å²) in [7, 11) is 1.46. The van der Waals surface area contributed by atoms with Crippen LogP contribution in [0.3, 0.4) is 0 Å². The van der Waals surface area contributed by atoms with Gasteiger partial charge in [-0.05, 0) is 116 Å². The maximum Gasteiger partial charge on any atom is 0.348 e. The SMILES string of the molecule is COC(=O)CC[C@@H](C)[C@H]1CC[C@H]2[C@@H]3CC[C@@H]4C[C@H]5CC[C@]4(C)[C@H]3C[C@H](OC(=O)Cn3cc[n+](c3)Cc3cccc(c3)C[n+]3ccn(c3)CC(=O)O5)[C@]12C. The standard InChI is InChI=1S/C43H58N4O6/c1-29(8-13-39(48)51-4)35-11-12-36-34-10-9-32-21-33-14-15-42(32,2)37(34)22-38(43(35,36)3)53-41(50)26-47-19-17-45(28-47)24-31-7-5-6-30(20-31)23-44-16-18-46(27-44)25-40(49)52-33/h5-7,16-20,27-29,32-38H,8-15,21-26H2,1-4H3/q+2/t29-,32-,33-,34+,35-,36+,37+,38+,42+,43-/m1/s1. The lowest BCUT2D eigenvalue weighted by Gasteiger charge is -2.62. The van der Waals surface area contributed by atoms with Crippen LogP contribution in [-0.2, 0) is 54.8 Å². The number of fused-ring (bicyclic) bond motifs is 7. The first kappa shape index (κ1) is 36.0. The van der Waals surface area contributed by atoms with E-state index in [-0.39, 0.29) is 54.0 Å². The molecule has 1 aromatic carbocycles. The highest BCUT2D eigenvalue weighted by Crippen LogP contribution is 2.69. The summed E-state index contributed by atoms with van der Waals surface area (Å²) >= 11 is 0. The van der Waals surface area contributed by atoms with E-state index in [1.807, 2.05) is 46.6 Å². The summed E-state index contributed by atoms with van der Waals surface area (Å²) < 4.78 is 26.0. The maximum atomic E-state index is 14.0. The number of carbonyl (C=O) groups is 3. The van der Waals surface area contributed by atoms with Gasteiger partial charge in [0.25, 0.3) is 0 Å². The number of rotatable bonds is 4. The minimum atomic E-state index is -0.194. The number of hydrogen-bond acceptors (Lipinski definition) is 6. The van der Waals surface area contributed by atoms with E-state index in [4.69, 9.17) is 14.2 Å². The van der Waals surface area contributed by atoms with Crippen LogP contribution >= 0.6 is 0 Å². The third-order valence-corrected chi connectivity index (χ3v) is 14.9. The van der Waals surface area contributed by atoms with Gasteiger partial charge >= 0.3 is 17.9 Å². The molecule has 10 heteroatoms. The van der Waals surface area contributed by atoms with Crippen LogP contribution in [-0.4, -0.2) is 46.4 Å². The molecular weight excluding hydrogens is 668 g/mol. The van der Waals surface area contributed by atoms with E-state index in [0.29, 0.717) is 55.0 Å². The number of esters is 3. The zero-order valence-corrected chi connectivity index (χ0v) is 32.0. The number of nitrogens with zero attached hydrogens (tertiary/aromatic N) is 4. The molecule has 10 nitrogen and oxygen atoms in total. The minimum Gasteiger partial charge on any atom is -0.469 e. The summed E-state index contributed by atoms with van der Waals surface area (Å²) in [4.78, 5) is 39.5. The summed E-state index contributed by atoms with van der Waals surface area (Å²) in [6, 6.07) is 8.54. The zero-order valence-electron chi connectivity index (χ0n) is 32.0.